The zero-order chi connectivity index (χ0) is 22.4. The van der Waals surface area contributed by atoms with Crippen LogP contribution in [0.2, 0.25) is 0 Å². The number of carbonyl (C=O) groups excluding carboxylic acids is 3. The second-order valence-corrected chi connectivity index (χ2v) is 6.70. The van der Waals surface area contributed by atoms with Crippen molar-refractivity contribution in [2.24, 2.45) is 0 Å². The fourth-order valence-corrected chi connectivity index (χ4v) is 2.70. The van der Waals surface area contributed by atoms with E-state index < -0.39 is 23.3 Å². The molecule has 0 bridgehead atoms. The molecule has 0 aliphatic carbocycles. The van der Waals surface area contributed by atoms with Crippen molar-refractivity contribution in [3.05, 3.63) is 105 Å². The summed E-state index contributed by atoms with van der Waals surface area (Å²) in [6.07, 6.45) is 0. The number of benzene rings is 3. The number of anilines is 1. The highest BCUT2D eigenvalue weighted by Crippen LogP contribution is 2.15. The van der Waals surface area contributed by atoms with Gasteiger partial charge in [0.15, 0.2) is 12.4 Å². The highest BCUT2D eigenvalue weighted by atomic mass is 16.6. The minimum absolute atomic E-state index is 0.141. The molecule has 0 radical (unpaired) electrons. The minimum atomic E-state index is -0.735. The topological polar surface area (TPSA) is 116 Å². The summed E-state index contributed by atoms with van der Waals surface area (Å²) in [7, 11) is 0. The van der Waals surface area contributed by atoms with Crippen LogP contribution in [0.15, 0.2) is 72.8 Å². The average Bonchev–Trinajstić information content (AvgIpc) is 2.77. The van der Waals surface area contributed by atoms with Gasteiger partial charge in [0.2, 0.25) is 0 Å². The van der Waals surface area contributed by atoms with Crippen LogP contribution in [0.25, 0.3) is 0 Å². The number of hydrogen-bond donors (Lipinski definition) is 1. The monoisotopic (exact) mass is 418 g/mol. The Kier molecular flexibility index (Phi) is 6.51. The zero-order valence-corrected chi connectivity index (χ0v) is 16.5. The third-order valence-corrected chi connectivity index (χ3v) is 4.40. The molecule has 0 atom stereocenters. The lowest BCUT2D eigenvalue weighted by molar-refractivity contribution is -0.384. The summed E-state index contributed by atoms with van der Waals surface area (Å²) in [5.41, 5.74) is 2.13. The molecule has 0 unspecified atom stereocenters. The highest BCUT2D eigenvalue weighted by molar-refractivity contribution is 6.05. The van der Waals surface area contributed by atoms with E-state index >= 15 is 0 Å². The molecule has 3 aromatic carbocycles. The van der Waals surface area contributed by atoms with Gasteiger partial charge in [0.1, 0.15) is 0 Å². The van der Waals surface area contributed by atoms with Gasteiger partial charge in [-0.3, -0.25) is 19.7 Å². The van der Waals surface area contributed by atoms with E-state index in [0.29, 0.717) is 11.3 Å². The number of Topliss-reactive ketones (excluding diaryl/α,β-unsaturated/α-hetero) is 1. The Hall–Kier alpha value is -4.33. The van der Waals surface area contributed by atoms with E-state index in [9.17, 15) is 24.5 Å². The summed E-state index contributed by atoms with van der Waals surface area (Å²) in [5, 5.41) is 13.4. The van der Waals surface area contributed by atoms with Gasteiger partial charge in [-0.2, -0.15) is 0 Å². The number of hydrogen-bond acceptors (Lipinski definition) is 6. The van der Waals surface area contributed by atoms with Gasteiger partial charge in [-0.05, 0) is 49.4 Å². The quantitative estimate of drug-likeness (QED) is 0.266. The average molecular weight is 418 g/mol. The number of nitro groups is 1. The van der Waals surface area contributed by atoms with Crippen LogP contribution in [0, 0.1) is 17.0 Å². The van der Waals surface area contributed by atoms with Gasteiger partial charge in [0.05, 0.1) is 10.5 Å². The maximum atomic E-state index is 12.3. The standard InChI is InChI=1S/C23H18N2O6/c1-15-5-7-17(8-6-15)22(27)24-19-4-2-3-18(13-19)23(28)31-14-21(26)16-9-11-20(12-10-16)25(29)30/h2-13H,14H2,1H3,(H,24,27). The molecule has 31 heavy (non-hydrogen) atoms. The Bertz CT molecular complexity index is 1140. The number of ether oxygens (including phenoxy) is 1. The number of ketones is 1. The number of non-ortho nitro benzene ring substituents is 1. The van der Waals surface area contributed by atoms with Crippen LogP contribution in [-0.4, -0.2) is 29.2 Å². The minimum Gasteiger partial charge on any atom is -0.454 e. The Morgan fingerprint density at radius 2 is 1.55 bits per heavy atom. The molecular formula is C23H18N2O6. The molecule has 0 fully saturated rings. The maximum absolute atomic E-state index is 12.3. The third-order valence-electron chi connectivity index (χ3n) is 4.40. The first-order valence-electron chi connectivity index (χ1n) is 9.26. The highest BCUT2D eigenvalue weighted by Gasteiger charge is 2.14. The molecule has 8 heteroatoms. The number of rotatable bonds is 7. The summed E-state index contributed by atoms with van der Waals surface area (Å²) in [6, 6.07) is 18.2. The molecule has 0 heterocycles. The first-order chi connectivity index (χ1) is 14.8. The maximum Gasteiger partial charge on any atom is 0.338 e. The van der Waals surface area contributed by atoms with Crippen molar-refractivity contribution in [2.45, 2.75) is 6.92 Å². The zero-order valence-electron chi connectivity index (χ0n) is 16.5. The van der Waals surface area contributed by atoms with Gasteiger partial charge in [-0.15, -0.1) is 0 Å². The van der Waals surface area contributed by atoms with Gasteiger partial charge in [-0.25, -0.2) is 4.79 Å². The number of nitrogens with one attached hydrogen (secondary N) is 1. The number of esters is 1. The molecule has 0 aliphatic heterocycles. The van der Waals surface area contributed by atoms with Crippen LogP contribution in [0.5, 0.6) is 0 Å². The van der Waals surface area contributed by atoms with Crippen molar-refractivity contribution < 1.29 is 24.0 Å². The molecule has 0 spiro atoms. The molecule has 1 amide bonds. The number of aryl methyl sites for hydroxylation is 1. The summed E-state index contributed by atoms with van der Waals surface area (Å²) in [5.74, 6) is -1.55. The smallest absolute Gasteiger partial charge is 0.338 e. The fourth-order valence-electron chi connectivity index (χ4n) is 2.70. The number of carbonyl (C=O) groups is 3. The van der Waals surface area contributed by atoms with E-state index in [1.165, 1.54) is 36.4 Å². The largest absolute Gasteiger partial charge is 0.454 e. The predicted octanol–water partition coefficient (Wildman–Crippen LogP) is 4.20. The number of nitro benzene ring substituents is 1. The van der Waals surface area contributed by atoms with Crippen LogP contribution in [0.3, 0.4) is 0 Å². The summed E-state index contributed by atoms with van der Waals surface area (Å²) in [4.78, 5) is 46.9. The Morgan fingerprint density at radius 3 is 2.19 bits per heavy atom. The second kappa shape index (κ2) is 9.45. The van der Waals surface area contributed by atoms with Gasteiger partial charge in [-0.1, -0.05) is 23.8 Å². The van der Waals surface area contributed by atoms with E-state index in [4.69, 9.17) is 4.74 Å². The Labute approximate surface area is 177 Å². The molecule has 0 aliphatic rings. The van der Waals surface area contributed by atoms with Crippen molar-refractivity contribution in [3.8, 4) is 0 Å². The van der Waals surface area contributed by atoms with Crippen LogP contribution < -0.4 is 5.32 Å². The van der Waals surface area contributed by atoms with Crippen molar-refractivity contribution in [1.29, 1.82) is 0 Å². The summed E-state index contributed by atoms with van der Waals surface area (Å²) in [6.45, 7) is 1.40. The van der Waals surface area contributed by atoms with Gasteiger partial charge in [0.25, 0.3) is 11.6 Å². The van der Waals surface area contributed by atoms with E-state index in [1.54, 1.807) is 24.3 Å². The van der Waals surface area contributed by atoms with Crippen molar-refractivity contribution in [1.82, 2.24) is 0 Å². The molecule has 8 nitrogen and oxygen atoms in total. The van der Waals surface area contributed by atoms with E-state index in [2.05, 4.69) is 5.32 Å². The van der Waals surface area contributed by atoms with E-state index in [0.717, 1.165) is 5.56 Å². The normalized spacial score (nSPS) is 10.2. The van der Waals surface area contributed by atoms with Crippen LogP contribution in [0.1, 0.15) is 36.6 Å². The lowest BCUT2D eigenvalue weighted by Crippen LogP contribution is -2.15. The van der Waals surface area contributed by atoms with Crippen LogP contribution in [0.4, 0.5) is 11.4 Å². The van der Waals surface area contributed by atoms with Crippen molar-refractivity contribution in [3.63, 3.8) is 0 Å². The lowest BCUT2D eigenvalue weighted by Gasteiger charge is -2.08. The SMILES string of the molecule is Cc1ccc(C(=O)Nc2cccc(C(=O)OCC(=O)c3ccc([N+](=O)[O-])cc3)c2)cc1. The van der Waals surface area contributed by atoms with Crippen molar-refractivity contribution in [2.75, 3.05) is 11.9 Å². The second-order valence-electron chi connectivity index (χ2n) is 6.70. The molecule has 1 N–H and O–H groups in total. The van der Waals surface area contributed by atoms with Gasteiger partial charge >= 0.3 is 5.97 Å². The van der Waals surface area contributed by atoms with E-state index in [-0.39, 0.29) is 22.7 Å². The molecule has 0 aromatic heterocycles. The fraction of sp³-hybridized carbons (Fsp3) is 0.0870. The van der Waals surface area contributed by atoms with Crippen LogP contribution >= 0.6 is 0 Å². The molecule has 3 aromatic rings. The summed E-state index contributed by atoms with van der Waals surface area (Å²) >= 11 is 0. The molecule has 0 saturated heterocycles. The first-order valence-corrected chi connectivity index (χ1v) is 9.26. The molecule has 156 valence electrons. The Morgan fingerprint density at radius 1 is 0.903 bits per heavy atom. The lowest BCUT2D eigenvalue weighted by atomic mass is 10.1. The number of amides is 1. The Balaban J connectivity index is 1.60. The first kappa shape index (κ1) is 21.4. The van der Waals surface area contributed by atoms with Gasteiger partial charge < -0.3 is 10.1 Å². The molecule has 3 rings (SSSR count). The van der Waals surface area contributed by atoms with Crippen LogP contribution in [-0.2, 0) is 4.74 Å². The number of nitrogens with zero attached hydrogens (tertiary/aromatic N) is 1. The van der Waals surface area contributed by atoms with Crippen molar-refractivity contribution >= 4 is 29.0 Å². The third kappa shape index (κ3) is 5.60. The van der Waals surface area contributed by atoms with Gasteiger partial charge in [0, 0.05) is 28.9 Å². The molecule has 0 saturated carbocycles. The molecular weight excluding hydrogens is 400 g/mol. The predicted molar refractivity (Wildman–Crippen MR) is 113 cm³/mol. The van der Waals surface area contributed by atoms with E-state index in [1.807, 2.05) is 19.1 Å². The summed E-state index contributed by atoms with van der Waals surface area (Å²) < 4.78 is 5.04.